The van der Waals surface area contributed by atoms with Gasteiger partial charge in [-0.2, -0.15) is 0 Å². The van der Waals surface area contributed by atoms with Crippen LogP contribution < -0.4 is 5.32 Å². The molecule has 2 rings (SSSR count). The van der Waals surface area contributed by atoms with Gasteiger partial charge in [0.1, 0.15) is 0 Å². The molecule has 17 heavy (non-hydrogen) atoms. The van der Waals surface area contributed by atoms with E-state index in [1.807, 2.05) is 19.3 Å². The normalized spacial score (nSPS) is 26.1. The van der Waals surface area contributed by atoms with Crippen LogP contribution in [0, 0.1) is 0 Å². The van der Waals surface area contributed by atoms with Gasteiger partial charge in [0.25, 0.3) is 0 Å². The van der Waals surface area contributed by atoms with Crippen molar-refractivity contribution in [1.82, 2.24) is 10.3 Å². The largest absolute Gasteiger partial charge is 0.374 e. The molecule has 1 fully saturated rings. The van der Waals surface area contributed by atoms with Crippen molar-refractivity contribution in [2.45, 2.75) is 37.8 Å². The Balaban J connectivity index is 2.06. The maximum Gasteiger partial charge on any atom is 0.0811 e. The average Bonchev–Trinajstić information content (AvgIpc) is 2.76. The van der Waals surface area contributed by atoms with Crippen LogP contribution in [0.1, 0.15) is 25.5 Å². The number of aromatic nitrogens is 1. The lowest BCUT2D eigenvalue weighted by Gasteiger charge is -2.33. The Morgan fingerprint density at radius 2 is 2.41 bits per heavy atom. The van der Waals surface area contributed by atoms with Crippen molar-refractivity contribution in [1.29, 1.82) is 0 Å². The smallest absolute Gasteiger partial charge is 0.0811 e. The zero-order valence-corrected chi connectivity index (χ0v) is 12.0. The van der Waals surface area contributed by atoms with Crippen LogP contribution in [0.3, 0.4) is 0 Å². The van der Waals surface area contributed by atoms with Gasteiger partial charge in [0.2, 0.25) is 0 Å². The monoisotopic (exact) mass is 298 g/mol. The number of ether oxygens (including phenoxy) is 1. The van der Waals surface area contributed by atoms with E-state index in [4.69, 9.17) is 4.74 Å². The number of pyridine rings is 1. The quantitative estimate of drug-likeness (QED) is 0.928. The lowest BCUT2D eigenvalue weighted by Crippen LogP contribution is -2.48. The van der Waals surface area contributed by atoms with Gasteiger partial charge in [-0.05, 0) is 54.9 Å². The van der Waals surface area contributed by atoms with E-state index < -0.39 is 0 Å². The van der Waals surface area contributed by atoms with Crippen molar-refractivity contribution in [3.63, 3.8) is 0 Å². The number of hydrogen-bond donors (Lipinski definition) is 1. The van der Waals surface area contributed by atoms with Crippen LogP contribution >= 0.6 is 15.9 Å². The Hall–Kier alpha value is -0.450. The molecule has 2 unspecified atom stereocenters. The van der Waals surface area contributed by atoms with Gasteiger partial charge < -0.3 is 10.1 Å². The fourth-order valence-corrected chi connectivity index (χ4v) is 2.67. The van der Waals surface area contributed by atoms with Crippen LogP contribution in [0.2, 0.25) is 0 Å². The number of nitrogens with one attached hydrogen (secondary N) is 1. The summed E-state index contributed by atoms with van der Waals surface area (Å²) in [4.78, 5) is 4.43. The van der Waals surface area contributed by atoms with E-state index in [9.17, 15) is 0 Å². The van der Waals surface area contributed by atoms with Crippen LogP contribution in [0.5, 0.6) is 0 Å². The molecule has 2 heterocycles. The molecule has 0 bridgehead atoms. The number of rotatable bonds is 4. The van der Waals surface area contributed by atoms with E-state index in [2.05, 4.69) is 39.2 Å². The van der Waals surface area contributed by atoms with E-state index in [0.29, 0.717) is 6.04 Å². The second-order valence-electron chi connectivity index (χ2n) is 4.78. The first-order valence-electron chi connectivity index (χ1n) is 6.06. The minimum atomic E-state index is -0.0521. The van der Waals surface area contributed by atoms with Crippen molar-refractivity contribution in [3.05, 3.63) is 28.5 Å². The number of hydrogen-bond acceptors (Lipinski definition) is 3. The summed E-state index contributed by atoms with van der Waals surface area (Å²) in [6.07, 6.45) is 5.03. The molecule has 2 atom stereocenters. The molecule has 0 spiro atoms. The molecule has 0 aromatic carbocycles. The summed E-state index contributed by atoms with van der Waals surface area (Å²) in [5.74, 6) is 0. The maximum atomic E-state index is 5.89. The van der Waals surface area contributed by atoms with Gasteiger partial charge in [0.15, 0.2) is 0 Å². The fraction of sp³-hybridized carbons (Fsp3) is 0.615. The van der Waals surface area contributed by atoms with Crippen molar-refractivity contribution in [2.24, 2.45) is 0 Å². The molecular formula is C13H19BrN2O. The third kappa shape index (κ3) is 3.06. The van der Waals surface area contributed by atoms with Crippen LogP contribution in [0.15, 0.2) is 22.8 Å². The minimum absolute atomic E-state index is 0.0521. The SMILES string of the molecule is CNC(Cc1ccc(Br)cn1)C1(C)CCCO1. The summed E-state index contributed by atoms with van der Waals surface area (Å²) in [6, 6.07) is 4.42. The summed E-state index contributed by atoms with van der Waals surface area (Å²) in [5, 5.41) is 3.37. The summed E-state index contributed by atoms with van der Waals surface area (Å²) < 4.78 is 6.91. The van der Waals surface area contributed by atoms with Crippen molar-refractivity contribution in [2.75, 3.05) is 13.7 Å². The molecule has 0 amide bonds. The second kappa shape index (κ2) is 5.46. The second-order valence-corrected chi connectivity index (χ2v) is 5.69. The predicted octanol–water partition coefficient (Wildman–Crippen LogP) is 2.54. The number of nitrogens with zero attached hydrogens (tertiary/aromatic N) is 1. The van der Waals surface area contributed by atoms with E-state index in [0.717, 1.165) is 36.0 Å². The molecule has 1 aromatic heterocycles. The first kappa shape index (κ1) is 13.0. The van der Waals surface area contributed by atoms with Gasteiger partial charge >= 0.3 is 0 Å². The Morgan fingerprint density at radius 3 is 2.94 bits per heavy atom. The standard InChI is InChI=1S/C13H19BrN2O/c1-13(6-3-7-17-13)12(15-2)8-11-5-4-10(14)9-16-11/h4-5,9,12,15H,3,6-8H2,1-2H3. The molecule has 1 saturated heterocycles. The average molecular weight is 299 g/mol. The Labute approximate surface area is 111 Å². The zero-order chi connectivity index (χ0) is 12.3. The van der Waals surface area contributed by atoms with Gasteiger partial charge in [-0.15, -0.1) is 0 Å². The van der Waals surface area contributed by atoms with Crippen LogP contribution in [-0.4, -0.2) is 30.3 Å². The molecule has 0 saturated carbocycles. The first-order valence-corrected chi connectivity index (χ1v) is 6.85. The first-order chi connectivity index (χ1) is 8.14. The highest BCUT2D eigenvalue weighted by molar-refractivity contribution is 9.10. The number of likely N-dealkylation sites (N-methyl/N-ethyl adjacent to an activating group) is 1. The van der Waals surface area contributed by atoms with Crippen molar-refractivity contribution in [3.8, 4) is 0 Å². The highest BCUT2D eigenvalue weighted by Crippen LogP contribution is 2.30. The third-order valence-electron chi connectivity index (χ3n) is 3.54. The lowest BCUT2D eigenvalue weighted by molar-refractivity contribution is -0.00967. The van der Waals surface area contributed by atoms with Crippen LogP contribution in [0.4, 0.5) is 0 Å². The Morgan fingerprint density at radius 1 is 1.59 bits per heavy atom. The zero-order valence-electron chi connectivity index (χ0n) is 10.4. The van der Waals surface area contributed by atoms with Crippen LogP contribution in [-0.2, 0) is 11.2 Å². The lowest BCUT2D eigenvalue weighted by atomic mass is 9.90. The van der Waals surface area contributed by atoms with Gasteiger partial charge in [-0.25, -0.2) is 0 Å². The highest BCUT2D eigenvalue weighted by atomic mass is 79.9. The van der Waals surface area contributed by atoms with E-state index in [-0.39, 0.29) is 5.60 Å². The maximum absolute atomic E-state index is 5.89. The molecular weight excluding hydrogens is 280 g/mol. The summed E-state index contributed by atoms with van der Waals surface area (Å²) in [5.41, 5.74) is 1.05. The van der Waals surface area contributed by atoms with Gasteiger partial charge in [0, 0.05) is 35.4 Å². The molecule has 0 aliphatic carbocycles. The van der Waals surface area contributed by atoms with Gasteiger partial charge in [0.05, 0.1) is 5.60 Å². The molecule has 0 radical (unpaired) electrons. The van der Waals surface area contributed by atoms with Crippen molar-refractivity contribution >= 4 is 15.9 Å². The minimum Gasteiger partial charge on any atom is -0.374 e. The molecule has 1 aliphatic heterocycles. The van der Waals surface area contributed by atoms with E-state index in [1.54, 1.807) is 0 Å². The number of halogens is 1. The highest BCUT2D eigenvalue weighted by Gasteiger charge is 2.37. The summed E-state index contributed by atoms with van der Waals surface area (Å²) in [6.45, 7) is 3.07. The predicted molar refractivity (Wildman–Crippen MR) is 72.1 cm³/mol. The third-order valence-corrected chi connectivity index (χ3v) is 4.01. The van der Waals surface area contributed by atoms with Gasteiger partial charge in [-0.3, -0.25) is 4.98 Å². The van der Waals surface area contributed by atoms with E-state index in [1.165, 1.54) is 0 Å². The fourth-order valence-electron chi connectivity index (χ4n) is 2.44. The molecule has 4 heteroatoms. The topological polar surface area (TPSA) is 34.2 Å². The Bertz CT molecular complexity index is 360. The Kier molecular flexibility index (Phi) is 4.17. The summed E-state index contributed by atoms with van der Waals surface area (Å²) in [7, 11) is 2.00. The molecule has 1 N–H and O–H groups in total. The molecule has 3 nitrogen and oxygen atoms in total. The van der Waals surface area contributed by atoms with Gasteiger partial charge in [-0.1, -0.05) is 0 Å². The molecule has 94 valence electrons. The van der Waals surface area contributed by atoms with Crippen LogP contribution in [0.25, 0.3) is 0 Å². The van der Waals surface area contributed by atoms with E-state index >= 15 is 0 Å². The molecule has 1 aromatic rings. The summed E-state index contributed by atoms with van der Waals surface area (Å²) >= 11 is 3.40. The van der Waals surface area contributed by atoms with Crippen molar-refractivity contribution < 1.29 is 4.74 Å². The molecule has 1 aliphatic rings.